The molecule has 3 aromatic rings. The molecular weight excluding hydrogens is 300 g/mol. The predicted molar refractivity (Wildman–Crippen MR) is 87.0 cm³/mol. The van der Waals surface area contributed by atoms with Crippen LogP contribution in [0.5, 0.6) is 0 Å². The molecule has 110 valence electrons. The third kappa shape index (κ3) is 3.35. The van der Waals surface area contributed by atoms with Crippen molar-refractivity contribution < 1.29 is 9.90 Å². The molecule has 4 nitrogen and oxygen atoms in total. The van der Waals surface area contributed by atoms with Gasteiger partial charge in [0.15, 0.2) is 0 Å². The average molecular weight is 313 g/mol. The van der Waals surface area contributed by atoms with E-state index in [-0.39, 0.29) is 0 Å². The molecule has 0 aliphatic carbocycles. The van der Waals surface area contributed by atoms with Crippen molar-refractivity contribution in [2.75, 3.05) is 0 Å². The van der Waals surface area contributed by atoms with Gasteiger partial charge in [-0.15, -0.1) is 0 Å². The maximum Gasteiger partial charge on any atom is 0.328 e. The van der Waals surface area contributed by atoms with Crippen molar-refractivity contribution in [1.29, 1.82) is 0 Å². The average Bonchev–Trinajstić information content (AvgIpc) is 2.87. The fraction of sp³-hybridized carbons (Fsp3) is 0.0588. The standard InChI is InChI=1S/C17H13ClN2O2/c18-13-6-7-14-15(10-13)20-16(19-14)9-12-3-1-11(2-4-12)5-8-17(21)22/h1-8,10H,9H2,(H,19,20)(H,21,22)/b8-5+. The number of aromatic amines is 1. The van der Waals surface area contributed by atoms with Gasteiger partial charge in [0.05, 0.1) is 11.0 Å². The Kier molecular flexibility index (Phi) is 3.94. The van der Waals surface area contributed by atoms with Crippen LogP contribution in [0.3, 0.4) is 0 Å². The maximum atomic E-state index is 10.5. The number of carboxylic acid groups (broad SMARTS) is 1. The minimum Gasteiger partial charge on any atom is -0.478 e. The number of hydrogen-bond acceptors (Lipinski definition) is 2. The lowest BCUT2D eigenvalue weighted by atomic mass is 10.1. The molecule has 0 atom stereocenters. The first-order chi connectivity index (χ1) is 10.6. The van der Waals surface area contributed by atoms with Crippen molar-refractivity contribution >= 4 is 34.7 Å². The minimum atomic E-state index is -0.954. The van der Waals surface area contributed by atoms with Crippen molar-refractivity contribution in [3.63, 3.8) is 0 Å². The Labute approximate surface area is 132 Å². The first-order valence-electron chi connectivity index (χ1n) is 6.74. The van der Waals surface area contributed by atoms with Crippen LogP contribution in [0.4, 0.5) is 0 Å². The lowest BCUT2D eigenvalue weighted by Gasteiger charge is -1.99. The number of imidazole rings is 1. The van der Waals surface area contributed by atoms with Crippen LogP contribution < -0.4 is 0 Å². The molecule has 0 fully saturated rings. The summed E-state index contributed by atoms with van der Waals surface area (Å²) in [6, 6.07) is 13.2. The first-order valence-corrected chi connectivity index (χ1v) is 7.12. The summed E-state index contributed by atoms with van der Waals surface area (Å²) in [5.74, 6) is -0.0869. The summed E-state index contributed by atoms with van der Waals surface area (Å²) in [6.45, 7) is 0. The van der Waals surface area contributed by atoms with Crippen LogP contribution in [0, 0.1) is 0 Å². The van der Waals surface area contributed by atoms with Crippen molar-refractivity contribution in [3.05, 3.63) is 70.5 Å². The van der Waals surface area contributed by atoms with Gasteiger partial charge in [0, 0.05) is 17.5 Å². The van der Waals surface area contributed by atoms with Crippen LogP contribution in [0.25, 0.3) is 17.1 Å². The third-order valence-corrected chi connectivity index (χ3v) is 3.50. The summed E-state index contributed by atoms with van der Waals surface area (Å²) in [5.41, 5.74) is 3.75. The van der Waals surface area contributed by atoms with Gasteiger partial charge in [-0.2, -0.15) is 0 Å². The monoisotopic (exact) mass is 312 g/mol. The number of carboxylic acids is 1. The quantitative estimate of drug-likeness (QED) is 0.718. The van der Waals surface area contributed by atoms with Crippen LogP contribution in [0.15, 0.2) is 48.5 Å². The number of halogens is 1. The van der Waals surface area contributed by atoms with Gasteiger partial charge in [-0.1, -0.05) is 35.9 Å². The molecule has 3 rings (SSSR count). The zero-order valence-electron chi connectivity index (χ0n) is 11.6. The van der Waals surface area contributed by atoms with E-state index in [1.165, 1.54) is 0 Å². The fourth-order valence-corrected chi connectivity index (χ4v) is 2.40. The molecule has 0 saturated heterocycles. The molecule has 5 heteroatoms. The van der Waals surface area contributed by atoms with E-state index < -0.39 is 5.97 Å². The van der Waals surface area contributed by atoms with E-state index in [1.54, 1.807) is 6.08 Å². The number of fused-ring (bicyclic) bond motifs is 1. The van der Waals surface area contributed by atoms with Gasteiger partial charge in [0.2, 0.25) is 0 Å². The summed E-state index contributed by atoms with van der Waals surface area (Å²) in [4.78, 5) is 18.3. The summed E-state index contributed by atoms with van der Waals surface area (Å²) >= 11 is 5.96. The molecule has 1 heterocycles. The SMILES string of the molecule is O=C(O)/C=C/c1ccc(Cc2nc3ccc(Cl)cc3[nH]2)cc1. The van der Waals surface area contributed by atoms with Crippen LogP contribution in [-0.2, 0) is 11.2 Å². The number of nitrogens with zero attached hydrogens (tertiary/aromatic N) is 1. The number of aliphatic carboxylic acids is 1. The topological polar surface area (TPSA) is 66.0 Å². The highest BCUT2D eigenvalue weighted by Gasteiger charge is 2.04. The predicted octanol–water partition coefficient (Wildman–Crippen LogP) is 3.90. The highest BCUT2D eigenvalue weighted by Crippen LogP contribution is 2.18. The molecule has 0 unspecified atom stereocenters. The zero-order valence-corrected chi connectivity index (χ0v) is 12.3. The van der Waals surface area contributed by atoms with Crippen LogP contribution >= 0.6 is 11.6 Å². The molecule has 0 aliphatic heterocycles. The van der Waals surface area contributed by atoms with Gasteiger partial charge in [0.25, 0.3) is 0 Å². The smallest absolute Gasteiger partial charge is 0.328 e. The normalized spacial score (nSPS) is 11.3. The van der Waals surface area contributed by atoms with Crippen LogP contribution in [0.2, 0.25) is 5.02 Å². The zero-order chi connectivity index (χ0) is 15.5. The van der Waals surface area contributed by atoms with E-state index in [1.807, 2.05) is 42.5 Å². The number of hydrogen-bond donors (Lipinski definition) is 2. The Morgan fingerprint density at radius 2 is 2.00 bits per heavy atom. The van der Waals surface area contributed by atoms with E-state index in [2.05, 4.69) is 9.97 Å². The second kappa shape index (κ2) is 6.03. The Hall–Kier alpha value is -2.59. The van der Waals surface area contributed by atoms with Crippen LogP contribution in [0.1, 0.15) is 17.0 Å². The third-order valence-electron chi connectivity index (χ3n) is 3.26. The van der Waals surface area contributed by atoms with E-state index >= 15 is 0 Å². The molecule has 2 N–H and O–H groups in total. The van der Waals surface area contributed by atoms with Gasteiger partial charge >= 0.3 is 5.97 Å². The molecular formula is C17H13ClN2O2. The van der Waals surface area contributed by atoms with Gasteiger partial charge < -0.3 is 10.1 Å². The highest BCUT2D eigenvalue weighted by atomic mass is 35.5. The molecule has 0 spiro atoms. The molecule has 0 amide bonds. The van der Waals surface area contributed by atoms with Crippen LogP contribution in [-0.4, -0.2) is 21.0 Å². The molecule has 22 heavy (non-hydrogen) atoms. The van der Waals surface area contributed by atoms with E-state index in [9.17, 15) is 4.79 Å². The molecule has 0 aliphatic rings. The van der Waals surface area contributed by atoms with Gasteiger partial charge in [0.1, 0.15) is 5.82 Å². The number of benzene rings is 2. The Morgan fingerprint density at radius 3 is 2.73 bits per heavy atom. The second-order valence-electron chi connectivity index (χ2n) is 4.93. The van der Waals surface area contributed by atoms with Gasteiger partial charge in [-0.25, -0.2) is 9.78 Å². The first kappa shape index (κ1) is 14.4. The van der Waals surface area contributed by atoms with Crippen molar-refractivity contribution in [1.82, 2.24) is 9.97 Å². The summed E-state index contributed by atoms with van der Waals surface area (Å²) in [5, 5.41) is 9.28. The molecule has 0 bridgehead atoms. The second-order valence-corrected chi connectivity index (χ2v) is 5.37. The van der Waals surface area contributed by atoms with E-state index in [4.69, 9.17) is 16.7 Å². The van der Waals surface area contributed by atoms with E-state index in [0.29, 0.717) is 11.4 Å². The number of carbonyl (C=O) groups is 1. The molecule has 0 saturated carbocycles. The summed E-state index contributed by atoms with van der Waals surface area (Å²) in [7, 11) is 0. The number of aromatic nitrogens is 2. The van der Waals surface area contributed by atoms with Crippen molar-refractivity contribution in [2.45, 2.75) is 6.42 Å². The lowest BCUT2D eigenvalue weighted by Crippen LogP contribution is -1.91. The maximum absolute atomic E-state index is 10.5. The molecule has 0 radical (unpaired) electrons. The summed E-state index contributed by atoms with van der Waals surface area (Å²) in [6.07, 6.45) is 3.36. The minimum absolute atomic E-state index is 0.676. The fourth-order valence-electron chi connectivity index (χ4n) is 2.23. The van der Waals surface area contributed by atoms with E-state index in [0.717, 1.165) is 34.1 Å². The number of nitrogens with one attached hydrogen (secondary N) is 1. The summed E-state index contributed by atoms with van der Waals surface area (Å²) < 4.78 is 0. The largest absolute Gasteiger partial charge is 0.478 e. The lowest BCUT2D eigenvalue weighted by molar-refractivity contribution is -0.131. The number of rotatable bonds is 4. The molecule has 1 aromatic heterocycles. The van der Waals surface area contributed by atoms with Gasteiger partial charge in [-0.3, -0.25) is 0 Å². The van der Waals surface area contributed by atoms with Crippen molar-refractivity contribution in [2.24, 2.45) is 0 Å². The Balaban J connectivity index is 1.78. The Bertz CT molecular complexity index is 851. The Morgan fingerprint density at radius 1 is 1.23 bits per heavy atom. The number of H-pyrrole nitrogens is 1. The van der Waals surface area contributed by atoms with Crippen molar-refractivity contribution in [3.8, 4) is 0 Å². The molecule has 2 aromatic carbocycles. The van der Waals surface area contributed by atoms with Gasteiger partial charge in [-0.05, 0) is 35.4 Å². The highest BCUT2D eigenvalue weighted by molar-refractivity contribution is 6.31.